The van der Waals surface area contributed by atoms with E-state index >= 15 is 0 Å². The van der Waals surface area contributed by atoms with Gasteiger partial charge < -0.3 is 50.5 Å². The smallest absolute Gasteiger partial charge is 0.349 e. The van der Waals surface area contributed by atoms with Crippen LogP contribution in [0.3, 0.4) is 0 Å². The zero-order valence-corrected chi connectivity index (χ0v) is 44.9. The number of cyclic esters (lactones) is 2. The van der Waals surface area contributed by atoms with Crippen molar-refractivity contribution in [3.63, 3.8) is 0 Å². The van der Waals surface area contributed by atoms with Crippen LogP contribution < -0.4 is 41.0 Å². The Balaban J connectivity index is 0.000000290. The summed E-state index contributed by atoms with van der Waals surface area (Å²) in [5.41, 5.74) is 7.16. The number of carbonyl (C=O) groups excluding carboxylic acids is 8. The lowest BCUT2D eigenvalue weighted by molar-refractivity contribution is -0.418. The molecule has 5 amide bonds. The number of ether oxygens (including phenoxy) is 4. The van der Waals surface area contributed by atoms with Crippen LogP contribution in [0.2, 0.25) is 0 Å². The molecule has 0 bridgehead atoms. The first-order chi connectivity index (χ1) is 35.1. The van der Waals surface area contributed by atoms with Crippen LogP contribution in [-0.2, 0) is 43.6 Å². The third kappa shape index (κ3) is 18.0. The van der Waals surface area contributed by atoms with Gasteiger partial charge in [0.2, 0.25) is 18.2 Å². The zero-order valence-electron chi connectivity index (χ0n) is 43.3. The minimum absolute atomic E-state index is 0.0322. The highest BCUT2D eigenvalue weighted by Crippen LogP contribution is 2.39. The number of amides is 5. The number of fused-ring (bicyclic) bond motifs is 2. The molecule has 4 aromatic carbocycles. The molecule has 2 heterocycles. The van der Waals surface area contributed by atoms with Gasteiger partial charge in [0.25, 0.3) is 11.8 Å². The number of sulfone groups is 2. The summed E-state index contributed by atoms with van der Waals surface area (Å²) in [4.78, 5) is 92.5. The molecule has 3 unspecified atom stereocenters. The highest BCUT2D eigenvalue weighted by Gasteiger charge is 2.43. The molecular weight excluding hydrogens is 1020 g/mol. The summed E-state index contributed by atoms with van der Waals surface area (Å²) < 4.78 is 67.7. The number of nitrogens with zero attached hydrogens (tertiary/aromatic N) is 1. The molecule has 0 radical (unpaired) electrons. The van der Waals surface area contributed by atoms with Gasteiger partial charge in [-0.1, -0.05) is 44.2 Å². The van der Waals surface area contributed by atoms with Crippen LogP contribution in [-0.4, -0.2) is 120 Å². The van der Waals surface area contributed by atoms with E-state index in [2.05, 4.69) is 26.4 Å². The molecule has 406 valence electrons. The maximum absolute atomic E-state index is 13.3. The van der Waals surface area contributed by atoms with Crippen LogP contribution in [0, 0.1) is 12.8 Å². The fourth-order valence-electron chi connectivity index (χ4n) is 7.51. The summed E-state index contributed by atoms with van der Waals surface area (Å²) >= 11 is 0. The normalized spacial score (nSPS) is 13.6. The number of aryl methyl sites for hydroxylation is 1. The number of quaternary nitrogens is 1. The molecule has 6 N–H and O–H groups in total. The van der Waals surface area contributed by atoms with Crippen molar-refractivity contribution in [2.45, 2.75) is 73.0 Å². The van der Waals surface area contributed by atoms with Crippen LogP contribution in [0.5, 0.6) is 17.2 Å². The van der Waals surface area contributed by atoms with E-state index in [-0.39, 0.29) is 51.6 Å². The maximum Gasteiger partial charge on any atom is 0.349 e. The molecule has 3 atom stereocenters. The van der Waals surface area contributed by atoms with E-state index < -0.39 is 73.1 Å². The van der Waals surface area contributed by atoms with Crippen molar-refractivity contribution in [3.8, 4) is 17.2 Å². The number of nitrogens with one attached hydrogen (secondary N) is 3. The van der Waals surface area contributed by atoms with Gasteiger partial charge in [0.05, 0.1) is 77.8 Å². The quantitative estimate of drug-likeness (QED) is 0.0454. The first-order valence-corrected chi connectivity index (χ1v) is 27.3. The lowest BCUT2D eigenvalue weighted by atomic mass is 10.0. The molecule has 4 aromatic rings. The predicted molar refractivity (Wildman–Crippen MR) is 273 cm³/mol. The number of methoxy groups -OCH3 is 1. The minimum Gasteiger partial charge on any atom is -0.548 e. The van der Waals surface area contributed by atoms with Gasteiger partial charge in [0, 0.05) is 31.9 Å². The second-order valence-corrected chi connectivity index (χ2v) is 21.8. The Morgan fingerprint density at radius 1 is 0.733 bits per heavy atom. The zero-order chi connectivity index (χ0) is 56.5. The summed E-state index contributed by atoms with van der Waals surface area (Å²) in [5, 5.41) is 17.5. The van der Waals surface area contributed by atoms with Gasteiger partial charge in [0.15, 0.2) is 21.3 Å². The lowest BCUT2D eigenvalue weighted by Gasteiger charge is -2.27. The predicted octanol–water partition coefficient (Wildman–Crippen LogP) is 3.01. The molecule has 0 spiro atoms. The third-order valence-corrected chi connectivity index (χ3v) is 12.6. The topological polar surface area (TPSA) is 332 Å². The van der Waals surface area contributed by atoms with Gasteiger partial charge in [0.1, 0.15) is 27.4 Å². The number of hydrogen-bond donors (Lipinski definition) is 4. The van der Waals surface area contributed by atoms with E-state index in [4.69, 9.17) is 14.2 Å². The van der Waals surface area contributed by atoms with E-state index in [1.54, 1.807) is 43.3 Å². The number of benzene rings is 4. The number of hydrogen-bond acceptors (Lipinski definition) is 17. The second kappa shape index (κ2) is 27.5. The molecule has 0 aliphatic carbocycles. The number of anilines is 2. The van der Waals surface area contributed by atoms with E-state index in [1.807, 2.05) is 45.9 Å². The van der Waals surface area contributed by atoms with Gasteiger partial charge in [-0.3, -0.25) is 28.9 Å². The molecule has 22 nitrogen and oxygen atoms in total. The number of rotatable bonds is 19. The molecule has 2 aliphatic heterocycles. The van der Waals surface area contributed by atoms with Gasteiger partial charge in [-0.2, -0.15) is 0 Å². The summed E-state index contributed by atoms with van der Waals surface area (Å²) in [7, 11) is -5.14. The SMILES string of the molecule is CC(=O)Nc1cccc2c1C(=O)OC2=O.CC(C)CC(NC=O)C(=O)[O-].CCOc1cc(C(CS(C)(=O)=O)N2C(=O)c3cccc(NC(C)=O)c3C2=O)ccc1OC.CCOc1cc(C([NH3+])CS(C)(=O)=O)ccc1C. The molecular formula is C51H63N5O17S2. The van der Waals surface area contributed by atoms with Crippen LogP contribution in [0.15, 0.2) is 72.8 Å². The molecule has 0 saturated carbocycles. The van der Waals surface area contributed by atoms with Crippen molar-refractivity contribution in [2.24, 2.45) is 5.92 Å². The summed E-state index contributed by atoms with van der Waals surface area (Å²) in [6.45, 7) is 13.0. The first kappa shape index (κ1) is 61.6. The first-order valence-electron chi connectivity index (χ1n) is 23.2. The highest BCUT2D eigenvalue weighted by molar-refractivity contribution is 7.90. The molecule has 2 aliphatic rings. The third-order valence-electron chi connectivity index (χ3n) is 10.6. The van der Waals surface area contributed by atoms with Gasteiger partial charge >= 0.3 is 11.9 Å². The Kier molecular flexibility index (Phi) is 22.6. The van der Waals surface area contributed by atoms with Crippen LogP contribution in [0.25, 0.3) is 0 Å². The minimum atomic E-state index is -3.60. The van der Waals surface area contributed by atoms with Crippen LogP contribution in [0.1, 0.15) is 118 Å². The molecule has 0 fully saturated rings. The Labute approximate surface area is 435 Å². The van der Waals surface area contributed by atoms with Gasteiger partial charge in [-0.25, -0.2) is 26.4 Å². The van der Waals surface area contributed by atoms with Gasteiger partial charge in [-0.05, 0) is 86.7 Å². The standard InChI is InChI=1S/C22H24N2O7S.C12H19NO3S.C10H7NO4.C7H13NO3/c1-5-31-19-11-14(9-10-18(19)30-3)17(12-32(4,28)29)24-21(26)15-7-6-8-16(23-13(2)25)20(15)22(24)27;1-4-16-12-7-10(6-5-9(12)2)11(13)8-17(3,14)15;1-5(12)11-7-4-2-3-6-8(7)10(14)15-9(6)13;1-5(2)3-6(7(10)11)8-4-9/h6-11,17H,5,12H2,1-4H3,(H,23,25);5-7,11H,4,8,13H2,1-3H3;2-4H,1H3,(H,11,12);4-6H,3H2,1-2H3,(H,8,9)(H,10,11). The van der Waals surface area contributed by atoms with E-state index in [1.165, 1.54) is 45.4 Å². The summed E-state index contributed by atoms with van der Waals surface area (Å²) in [5.74, 6) is -3.27. The van der Waals surface area contributed by atoms with Crippen molar-refractivity contribution in [1.82, 2.24) is 10.2 Å². The Bertz CT molecular complexity index is 3010. The highest BCUT2D eigenvalue weighted by atomic mass is 32.2. The molecule has 0 aromatic heterocycles. The summed E-state index contributed by atoms with van der Waals surface area (Å²) in [6.07, 6.45) is 3.04. The lowest BCUT2D eigenvalue weighted by Crippen LogP contribution is -2.56. The number of carboxylic acid groups (broad SMARTS) is 1. The van der Waals surface area contributed by atoms with E-state index in [0.29, 0.717) is 48.8 Å². The van der Waals surface area contributed by atoms with Crippen molar-refractivity contribution in [3.05, 3.63) is 112 Å². The van der Waals surface area contributed by atoms with Crippen LogP contribution >= 0.6 is 0 Å². The largest absolute Gasteiger partial charge is 0.548 e. The fourth-order valence-corrected chi connectivity index (χ4v) is 9.35. The molecule has 24 heteroatoms. The summed E-state index contributed by atoms with van der Waals surface area (Å²) in [6, 6.07) is 17.4. The number of imide groups is 1. The molecule has 0 saturated heterocycles. The number of carboxylic acids is 1. The number of aliphatic carboxylic acids is 1. The molecule has 6 rings (SSSR count). The Hall–Kier alpha value is -7.70. The van der Waals surface area contributed by atoms with Crippen molar-refractivity contribution in [1.29, 1.82) is 0 Å². The van der Waals surface area contributed by atoms with E-state index in [0.717, 1.165) is 28.0 Å². The Morgan fingerprint density at radius 3 is 1.77 bits per heavy atom. The number of esters is 2. The number of carbonyl (C=O) groups is 8. The van der Waals surface area contributed by atoms with Crippen LogP contribution in [0.4, 0.5) is 11.4 Å². The van der Waals surface area contributed by atoms with Crippen molar-refractivity contribution < 1.29 is 85.0 Å². The molecule has 75 heavy (non-hydrogen) atoms. The van der Waals surface area contributed by atoms with Crippen molar-refractivity contribution >= 4 is 79.0 Å². The maximum atomic E-state index is 13.3. The van der Waals surface area contributed by atoms with Gasteiger partial charge in [-0.15, -0.1) is 0 Å². The average molecular weight is 1080 g/mol. The average Bonchev–Trinajstić information content (AvgIpc) is 3.75. The second-order valence-electron chi connectivity index (χ2n) is 17.5. The monoisotopic (exact) mass is 1080 g/mol. The fraction of sp³-hybridized carbons (Fsp3) is 0.373. The Morgan fingerprint density at radius 2 is 1.27 bits per heavy atom. The van der Waals surface area contributed by atoms with Crippen molar-refractivity contribution in [2.75, 3.05) is 55.0 Å². The van der Waals surface area contributed by atoms with E-state index in [9.17, 15) is 60.3 Å².